The van der Waals surface area contributed by atoms with Gasteiger partial charge in [0.25, 0.3) is 0 Å². The molecule has 0 unspecified atom stereocenters. The van der Waals surface area contributed by atoms with Crippen molar-refractivity contribution >= 4 is 44.8 Å². The van der Waals surface area contributed by atoms with E-state index in [2.05, 4.69) is 51.2 Å². The minimum atomic E-state index is -1.38. The molecule has 226 valence electrons. The molecule has 0 radical (unpaired) electrons. The lowest BCUT2D eigenvalue weighted by Crippen LogP contribution is -2.60. The molecule has 4 N–H and O–H groups in total. The molecule has 9 heteroatoms. The van der Waals surface area contributed by atoms with Gasteiger partial charge in [0.05, 0.1) is 16.6 Å². The number of aromatic carboxylic acids is 1. The molecule has 1 amide bonds. The lowest BCUT2D eigenvalue weighted by molar-refractivity contribution is -0.140. The van der Waals surface area contributed by atoms with Crippen LogP contribution in [0.5, 0.6) is 11.5 Å². The summed E-state index contributed by atoms with van der Waals surface area (Å²) < 4.78 is 7.84. The molecule has 2 saturated carbocycles. The van der Waals surface area contributed by atoms with Crippen molar-refractivity contribution in [3.05, 3.63) is 51.9 Å². The number of benzene rings is 2. The van der Waals surface area contributed by atoms with Crippen LogP contribution in [-0.2, 0) is 20.4 Å². The standard InChI is InChI=1S/C34H37NO7S/c1-31(2,3)16-6-9-22-19(12-16)24-27(43-22)29(39)32(4,28-21-13-17-14-34(24,28)15-33(17,5)42-21)11-10-23(37)35-25-20(36)8-7-18(26(25)38)30(40)41/h6-9,12,17,21,28,36,38H,10-11,13-15H2,1-5H3,(H,35,37)(H,40,41)/t17-,21+,28+,32+,33+,34+/m1/s1. The minimum absolute atomic E-state index is 0.0323. The van der Waals surface area contributed by atoms with Gasteiger partial charge in [-0.05, 0) is 84.7 Å². The smallest absolute Gasteiger partial charge is 0.339 e. The summed E-state index contributed by atoms with van der Waals surface area (Å²) in [5.41, 5.74) is 0.298. The SMILES string of the molecule is CC(C)(C)c1ccc2sc3c(c2c1)[C@]12C[C@H]4C[C@H](O[C@@]4(C)C1)[C@H]2[C@](C)(CCC(=O)Nc1c(O)ccc(C(=O)O)c1O)C3=O. The van der Waals surface area contributed by atoms with Crippen molar-refractivity contribution in [3.63, 3.8) is 0 Å². The Morgan fingerprint density at radius 2 is 1.88 bits per heavy atom. The van der Waals surface area contributed by atoms with Crippen molar-refractivity contribution in [1.29, 1.82) is 0 Å². The highest BCUT2D eigenvalue weighted by atomic mass is 32.1. The summed E-state index contributed by atoms with van der Waals surface area (Å²) in [6.07, 6.45) is 2.85. The van der Waals surface area contributed by atoms with E-state index in [1.165, 1.54) is 16.5 Å². The number of rotatable bonds is 5. The number of carbonyl (C=O) groups is 3. The van der Waals surface area contributed by atoms with Crippen LogP contribution in [-0.4, -0.2) is 44.7 Å². The third kappa shape index (κ3) is 3.80. The third-order valence-corrected chi connectivity index (χ3v) is 12.2. The number of carboxylic acids is 1. The normalized spacial score (nSPS) is 32.2. The van der Waals surface area contributed by atoms with E-state index < -0.39 is 34.4 Å². The molecule has 43 heavy (non-hydrogen) atoms. The van der Waals surface area contributed by atoms with Crippen LogP contribution in [0.3, 0.4) is 0 Å². The highest BCUT2D eigenvalue weighted by Crippen LogP contribution is 2.74. The monoisotopic (exact) mass is 603 g/mol. The van der Waals surface area contributed by atoms with E-state index in [0.29, 0.717) is 5.92 Å². The molecule has 2 saturated heterocycles. The quantitative estimate of drug-likeness (QED) is 0.237. The van der Waals surface area contributed by atoms with Crippen LogP contribution in [0.2, 0.25) is 0 Å². The van der Waals surface area contributed by atoms with Gasteiger partial charge >= 0.3 is 5.97 Å². The Bertz CT molecular complexity index is 1750. The maximum absolute atomic E-state index is 14.6. The first-order valence-corrected chi connectivity index (χ1v) is 15.8. The second-order valence-corrected chi connectivity index (χ2v) is 15.7. The van der Waals surface area contributed by atoms with Gasteiger partial charge < -0.3 is 25.4 Å². The molecule has 4 fully saturated rings. The molecule has 5 aliphatic rings. The Morgan fingerprint density at radius 1 is 1.14 bits per heavy atom. The fourth-order valence-electron chi connectivity index (χ4n) is 9.15. The van der Waals surface area contributed by atoms with E-state index in [-0.39, 0.29) is 52.8 Å². The van der Waals surface area contributed by atoms with Crippen molar-refractivity contribution in [2.75, 3.05) is 5.32 Å². The highest BCUT2D eigenvalue weighted by Gasteiger charge is 2.74. The summed E-state index contributed by atoms with van der Waals surface area (Å²) in [4.78, 5) is 40.1. The molecular formula is C34H37NO7S. The molecule has 4 bridgehead atoms. The van der Waals surface area contributed by atoms with Crippen molar-refractivity contribution in [1.82, 2.24) is 0 Å². The second-order valence-electron chi connectivity index (χ2n) is 14.6. The Balaban J connectivity index is 1.28. The summed E-state index contributed by atoms with van der Waals surface area (Å²) in [6.45, 7) is 10.8. The number of hydrogen-bond acceptors (Lipinski definition) is 7. The topological polar surface area (TPSA) is 133 Å². The number of amides is 1. The zero-order valence-corrected chi connectivity index (χ0v) is 25.9. The van der Waals surface area contributed by atoms with Gasteiger partial charge in [-0.25, -0.2) is 4.79 Å². The number of hydrogen-bond donors (Lipinski definition) is 4. The fraction of sp³-hybridized carbons (Fsp3) is 0.500. The maximum atomic E-state index is 14.6. The van der Waals surface area contributed by atoms with Crippen molar-refractivity contribution < 1.29 is 34.4 Å². The third-order valence-electron chi connectivity index (χ3n) is 11.0. The van der Waals surface area contributed by atoms with Crippen molar-refractivity contribution in [3.8, 4) is 11.5 Å². The van der Waals surface area contributed by atoms with Crippen LogP contribution >= 0.6 is 11.3 Å². The molecule has 8 rings (SSSR count). The first kappa shape index (κ1) is 28.3. The Labute approximate surface area is 254 Å². The van der Waals surface area contributed by atoms with E-state index in [4.69, 9.17) is 4.74 Å². The number of carboxylic acid groups (broad SMARTS) is 1. The van der Waals surface area contributed by atoms with Gasteiger partial charge in [0.15, 0.2) is 11.5 Å². The molecule has 8 nitrogen and oxygen atoms in total. The van der Waals surface area contributed by atoms with E-state index in [1.807, 2.05) is 6.92 Å². The van der Waals surface area contributed by atoms with Crippen LogP contribution in [0.4, 0.5) is 5.69 Å². The second kappa shape index (κ2) is 8.82. The zero-order chi connectivity index (χ0) is 30.9. The van der Waals surface area contributed by atoms with Crippen LogP contribution in [0, 0.1) is 17.3 Å². The zero-order valence-electron chi connectivity index (χ0n) is 25.0. The predicted octanol–water partition coefficient (Wildman–Crippen LogP) is 6.75. The van der Waals surface area contributed by atoms with Crippen LogP contribution in [0.1, 0.15) is 97.9 Å². The molecule has 2 aliphatic heterocycles. The van der Waals surface area contributed by atoms with Gasteiger partial charge in [0, 0.05) is 27.9 Å². The number of thiophene rings is 1. The average Bonchev–Trinajstić information content (AvgIpc) is 3.49. The summed E-state index contributed by atoms with van der Waals surface area (Å²) in [5.74, 6) is -2.67. The largest absolute Gasteiger partial charge is 0.506 e. The first-order chi connectivity index (χ1) is 20.1. The van der Waals surface area contributed by atoms with Crippen LogP contribution in [0.15, 0.2) is 30.3 Å². The van der Waals surface area contributed by atoms with Gasteiger partial charge in [-0.3, -0.25) is 9.59 Å². The number of carbonyl (C=O) groups excluding carboxylic acids is 2. The van der Waals surface area contributed by atoms with Gasteiger partial charge in [0.2, 0.25) is 5.91 Å². The summed E-state index contributed by atoms with van der Waals surface area (Å²) in [7, 11) is 0. The minimum Gasteiger partial charge on any atom is -0.506 e. The molecule has 3 heterocycles. The number of nitrogens with one attached hydrogen (secondary N) is 1. The summed E-state index contributed by atoms with van der Waals surface area (Å²) in [6, 6.07) is 8.80. The lowest BCUT2D eigenvalue weighted by atomic mass is 9.48. The van der Waals surface area contributed by atoms with Gasteiger partial charge in [0.1, 0.15) is 17.0 Å². The van der Waals surface area contributed by atoms with Gasteiger partial charge in [-0.2, -0.15) is 0 Å². The van der Waals surface area contributed by atoms with E-state index in [0.717, 1.165) is 41.0 Å². The predicted molar refractivity (Wildman–Crippen MR) is 163 cm³/mol. The van der Waals surface area contributed by atoms with Crippen molar-refractivity contribution in [2.24, 2.45) is 17.3 Å². The molecule has 3 aromatic rings. The lowest BCUT2D eigenvalue weighted by Gasteiger charge is -2.57. The highest BCUT2D eigenvalue weighted by molar-refractivity contribution is 7.21. The number of anilines is 1. The number of Topliss-reactive ketones (excluding diaryl/α,β-unsaturated/α-hetero) is 1. The molecule has 2 aromatic carbocycles. The Kier molecular flexibility index (Phi) is 5.81. The molecule has 1 spiro atoms. The van der Waals surface area contributed by atoms with Gasteiger partial charge in [-0.1, -0.05) is 33.8 Å². The number of ether oxygens (including phenoxy) is 1. The average molecular weight is 604 g/mol. The molecule has 6 atom stereocenters. The molecule has 1 aromatic heterocycles. The molecular weight excluding hydrogens is 566 g/mol. The fourth-order valence-corrected chi connectivity index (χ4v) is 10.5. The number of fused-ring (bicyclic) bond motifs is 3. The number of phenolic OH excluding ortho intramolecular Hbond substituents is 1. The van der Waals surface area contributed by atoms with Crippen molar-refractivity contribution in [2.45, 2.75) is 89.3 Å². The number of phenols is 2. The van der Waals surface area contributed by atoms with E-state index in [9.17, 15) is 29.7 Å². The Hall–Kier alpha value is -3.43. The Morgan fingerprint density at radius 3 is 2.56 bits per heavy atom. The number of aromatic hydroxyl groups is 2. The van der Waals surface area contributed by atoms with E-state index in [1.54, 1.807) is 11.3 Å². The van der Waals surface area contributed by atoms with Gasteiger partial charge in [-0.15, -0.1) is 11.3 Å². The van der Waals surface area contributed by atoms with E-state index >= 15 is 0 Å². The van der Waals surface area contributed by atoms with Crippen LogP contribution in [0.25, 0.3) is 10.1 Å². The summed E-state index contributed by atoms with van der Waals surface area (Å²) in [5, 5.41) is 33.7. The maximum Gasteiger partial charge on any atom is 0.339 e. The molecule has 3 aliphatic carbocycles. The number of ketones is 1. The van der Waals surface area contributed by atoms with Crippen LogP contribution < -0.4 is 5.32 Å². The first-order valence-electron chi connectivity index (χ1n) is 15.0. The summed E-state index contributed by atoms with van der Waals surface area (Å²) >= 11 is 1.57.